The van der Waals surface area contributed by atoms with Crippen molar-refractivity contribution in [2.45, 2.75) is 57.7 Å². The fourth-order valence-electron chi connectivity index (χ4n) is 2.35. The number of hydroxylamine groups is 2. The van der Waals surface area contributed by atoms with Crippen LogP contribution in [0.2, 0.25) is 0 Å². The molecule has 1 aliphatic heterocycles. The second kappa shape index (κ2) is 8.62. The Hall–Kier alpha value is 1.55. The third kappa shape index (κ3) is 5.93. The molecule has 0 unspecified atom stereocenters. The molecule has 0 amide bonds. The summed E-state index contributed by atoms with van der Waals surface area (Å²) < 4.78 is 0. The first-order chi connectivity index (χ1) is 5.26. The second-order valence-electron chi connectivity index (χ2n) is 5.10. The largest absolute Gasteiger partial charge is 2.00 e. The number of hydrogen-bond donors (Lipinski definition) is 3. The summed E-state index contributed by atoms with van der Waals surface area (Å²) in [6.45, 7) is 8.09. The van der Waals surface area contributed by atoms with Crippen molar-refractivity contribution in [2.24, 2.45) is 5.73 Å². The van der Waals surface area contributed by atoms with Crippen molar-refractivity contribution in [3.05, 3.63) is 0 Å². The molecular formula is C9H23ClIN3OPt. The molecule has 0 radical (unpaired) electrons. The molecule has 1 fully saturated rings. The molecule has 0 aromatic carbocycles. The number of halogens is 2. The van der Waals surface area contributed by atoms with E-state index in [0.717, 1.165) is 12.8 Å². The van der Waals surface area contributed by atoms with Crippen LogP contribution < -0.4 is 48.3 Å². The molecule has 0 saturated carbocycles. The molecule has 0 aromatic heterocycles. The van der Waals surface area contributed by atoms with E-state index in [-0.39, 0.29) is 80.7 Å². The van der Waals surface area contributed by atoms with Gasteiger partial charge in [0.15, 0.2) is 0 Å². The predicted octanol–water partition coefficient (Wildman–Crippen LogP) is -4.48. The average molecular weight is 547 g/mol. The van der Waals surface area contributed by atoms with Crippen LogP contribution in [-0.4, -0.2) is 27.4 Å². The Morgan fingerprint density at radius 3 is 1.62 bits per heavy atom. The van der Waals surface area contributed by atoms with Crippen molar-refractivity contribution in [1.82, 2.24) is 11.2 Å². The monoisotopic (exact) mass is 546 g/mol. The quantitative estimate of drug-likeness (QED) is 0.268. The molecule has 0 atom stereocenters. The van der Waals surface area contributed by atoms with Gasteiger partial charge in [0.05, 0.1) is 0 Å². The van der Waals surface area contributed by atoms with Crippen molar-refractivity contribution < 1.29 is 62.7 Å². The van der Waals surface area contributed by atoms with Gasteiger partial charge in [-0.25, -0.2) is 0 Å². The summed E-state index contributed by atoms with van der Waals surface area (Å²) in [6.07, 6.45) is 1.71. The van der Waals surface area contributed by atoms with Gasteiger partial charge in [0, 0.05) is 17.1 Å². The van der Waals surface area contributed by atoms with Crippen LogP contribution in [0.25, 0.3) is 0 Å². The molecule has 1 saturated heterocycles. The average Bonchev–Trinajstić information content (AvgIpc) is 1.80. The van der Waals surface area contributed by atoms with Crippen LogP contribution in [0.3, 0.4) is 0 Å². The molecule has 104 valence electrons. The van der Waals surface area contributed by atoms with E-state index < -0.39 is 0 Å². The van der Waals surface area contributed by atoms with Gasteiger partial charge in [-0.3, -0.25) is 0 Å². The SMILES string of the molecule is CC1(C)CC(N)CC(C)(C)N1O.N.[Cl-].[I-].[Pt+2]. The van der Waals surface area contributed by atoms with E-state index in [2.05, 4.69) is 0 Å². The fraction of sp³-hybridized carbons (Fsp3) is 1.00. The van der Waals surface area contributed by atoms with Gasteiger partial charge in [-0.05, 0) is 40.5 Å². The summed E-state index contributed by atoms with van der Waals surface area (Å²) in [4.78, 5) is 0. The summed E-state index contributed by atoms with van der Waals surface area (Å²) in [6, 6.07) is 0.207. The van der Waals surface area contributed by atoms with Crippen LogP contribution >= 0.6 is 0 Å². The summed E-state index contributed by atoms with van der Waals surface area (Å²) in [7, 11) is 0. The van der Waals surface area contributed by atoms with E-state index in [1.807, 2.05) is 27.7 Å². The standard InChI is InChI=1S/C9H20N2O.ClH.HI.H3N.Pt/c1-8(2)5-7(10)6-9(3,4)11(8)12;;;;/h7,12H,5-6,10H2,1-4H3;2*1H;1H3;/q;;;;+2/p-2. The van der Waals surface area contributed by atoms with Crippen molar-refractivity contribution in [3.8, 4) is 0 Å². The Labute approximate surface area is 136 Å². The first-order valence-electron chi connectivity index (χ1n) is 4.50. The Morgan fingerprint density at radius 1 is 1.12 bits per heavy atom. The third-order valence-electron chi connectivity index (χ3n) is 2.67. The normalized spacial score (nSPS) is 22.9. The number of piperidine rings is 1. The molecule has 0 aliphatic carbocycles. The van der Waals surface area contributed by atoms with Gasteiger partial charge in [0.1, 0.15) is 0 Å². The van der Waals surface area contributed by atoms with Gasteiger partial charge in [0.25, 0.3) is 0 Å². The van der Waals surface area contributed by atoms with E-state index in [9.17, 15) is 5.21 Å². The fourth-order valence-corrected chi connectivity index (χ4v) is 2.35. The van der Waals surface area contributed by atoms with Gasteiger partial charge in [-0.1, -0.05) is 0 Å². The number of hydrogen-bond acceptors (Lipinski definition) is 4. The molecule has 4 nitrogen and oxygen atoms in total. The van der Waals surface area contributed by atoms with Crippen LogP contribution in [0.5, 0.6) is 0 Å². The molecule has 0 spiro atoms. The Bertz CT molecular complexity index is 178. The maximum absolute atomic E-state index is 9.86. The molecule has 0 bridgehead atoms. The first kappa shape index (κ1) is 26.2. The summed E-state index contributed by atoms with van der Waals surface area (Å²) in [5.41, 5.74) is 5.52. The van der Waals surface area contributed by atoms with E-state index in [4.69, 9.17) is 5.73 Å². The van der Waals surface area contributed by atoms with Gasteiger partial charge in [0.2, 0.25) is 0 Å². The van der Waals surface area contributed by atoms with Crippen molar-refractivity contribution in [2.75, 3.05) is 0 Å². The zero-order valence-corrected chi connectivity index (χ0v) is 15.4. The summed E-state index contributed by atoms with van der Waals surface area (Å²) in [5, 5.41) is 11.3. The topological polar surface area (TPSA) is 84.5 Å². The van der Waals surface area contributed by atoms with E-state index in [1.54, 1.807) is 0 Å². The molecule has 6 N–H and O–H groups in total. The van der Waals surface area contributed by atoms with Crippen molar-refractivity contribution >= 4 is 0 Å². The Kier molecular flexibility index (Phi) is 14.1. The number of nitrogens with two attached hydrogens (primary N) is 1. The van der Waals surface area contributed by atoms with Gasteiger partial charge in [-0.2, -0.15) is 5.06 Å². The summed E-state index contributed by atoms with van der Waals surface area (Å²) in [5.74, 6) is 0. The Morgan fingerprint density at radius 2 is 1.38 bits per heavy atom. The zero-order valence-electron chi connectivity index (χ0n) is 10.2. The smallest absolute Gasteiger partial charge is 1.00 e. The molecule has 1 heterocycles. The van der Waals surface area contributed by atoms with Crippen LogP contribution in [0.1, 0.15) is 40.5 Å². The van der Waals surface area contributed by atoms with Gasteiger partial charge < -0.3 is 53.5 Å². The van der Waals surface area contributed by atoms with Crippen LogP contribution in [0.15, 0.2) is 0 Å². The Balaban J connectivity index is -0.000000180. The molecule has 1 aliphatic rings. The van der Waals surface area contributed by atoms with Crippen LogP contribution in [-0.2, 0) is 21.1 Å². The maximum Gasteiger partial charge on any atom is 2.00 e. The van der Waals surface area contributed by atoms with Crippen molar-refractivity contribution in [3.63, 3.8) is 0 Å². The molecular weight excluding hydrogens is 524 g/mol. The van der Waals surface area contributed by atoms with E-state index in [1.165, 1.54) is 5.06 Å². The van der Waals surface area contributed by atoms with Crippen LogP contribution in [0.4, 0.5) is 0 Å². The first-order valence-corrected chi connectivity index (χ1v) is 4.50. The van der Waals surface area contributed by atoms with E-state index in [0.29, 0.717) is 0 Å². The molecule has 1 rings (SSSR count). The minimum Gasteiger partial charge on any atom is -1.00 e. The molecule has 16 heavy (non-hydrogen) atoms. The van der Waals surface area contributed by atoms with Crippen LogP contribution in [0, 0.1) is 0 Å². The third-order valence-corrected chi connectivity index (χ3v) is 2.67. The van der Waals surface area contributed by atoms with Gasteiger partial charge >= 0.3 is 21.1 Å². The molecule has 7 heteroatoms. The second-order valence-corrected chi connectivity index (χ2v) is 5.10. The summed E-state index contributed by atoms with van der Waals surface area (Å²) >= 11 is 0. The molecule has 0 aromatic rings. The predicted molar refractivity (Wildman–Crippen MR) is 54.0 cm³/mol. The zero-order chi connectivity index (χ0) is 9.57. The van der Waals surface area contributed by atoms with E-state index >= 15 is 0 Å². The minimum absolute atomic E-state index is 0. The van der Waals surface area contributed by atoms with Gasteiger partial charge in [-0.15, -0.1) is 0 Å². The maximum atomic E-state index is 9.86. The number of nitrogens with zero attached hydrogens (tertiary/aromatic N) is 1. The minimum atomic E-state index is -0.193. The van der Waals surface area contributed by atoms with Crippen molar-refractivity contribution in [1.29, 1.82) is 0 Å². The number of rotatable bonds is 0.